The van der Waals surface area contributed by atoms with Crippen molar-refractivity contribution >= 4 is 10.0 Å². The number of piperidine rings is 1. The van der Waals surface area contributed by atoms with Crippen LogP contribution in [-0.2, 0) is 14.8 Å². The molecular formula is C20H31NO6S. The van der Waals surface area contributed by atoms with E-state index in [1.165, 1.54) is 24.6 Å². The first kappa shape index (κ1) is 21.4. The number of hydrogen-bond donors (Lipinski definition) is 1. The SMILES string of the molecule is COc1ccc(S(=O)(=O)N2CCC(CO)(CC3CCCCO3)CC2)cc1OC. The average Bonchev–Trinajstić information content (AvgIpc) is 2.74. The molecule has 0 saturated carbocycles. The number of aliphatic hydroxyl groups excluding tert-OH is 1. The molecule has 1 unspecified atom stereocenters. The Labute approximate surface area is 167 Å². The van der Waals surface area contributed by atoms with Gasteiger partial charge in [-0.3, -0.25) is 0 Å². The summed E-state index contributed by atoms with van der Waals surface area (Å²) in [6.45, 7) is 1.64. The Bertz CT molecular complexity index is 752. The minimum Gasteiger partial charge on any atom is -0.493 e. The van der Waals surface area contributed by atoms with Crippen molar-refractivity contribution in [3.8, 4) is 11.5 Å². The first-order valence-corrected chi connectivity index (χ1v) is 11.3. The van der Waals surface area contributed by atoms with E-state index < -0.39 is 10.0 Å². The van der Waals surface area contributed by atoms with Crippen LogP contribution in [0.2, 0.25) is 0 Å². The second kappa shape index (κ2) is 8.98. The standard InChI is InChI=1S/C20H31NO6S/c1-25-18-7-6-17(13-19(18)26-2)28(23,24)21-10-8-20(15-22,9-11-21)14-16-5-3-4-12-27-16/h6-7,13,16,22H,3-5,8-12,14-15H2,1-2H3. The summed E-state index contributed by atoms with van der Waals surface area (Å²) in [7, 11) is -0.627. The lowest BCUT2D eigenvalue weighted by Crippen LogP contribution is -2.46. The lowest BCUT2D eigenvalue weighted by atomic mass is 9.74. The van der Waals surface area contributed by atoms with E-state index in [0.717, 1.165) is 32.3 Å². The zero-order valence-electron chi connectivity index (χ0n) is 16.7. The van der Waals surface area contributed by atoms with Gasteiger partial charge in [-0.25, -0.2) is 8.42 Å². The molecule has 7 nitrogen and oxygen atoms in total. The molecule has 0 aromatic heterocycles. The Balaban J connectivity index is 1.70. The maximum atomic E-state index is 13.1. The van der Waals surface area contributed by atoms with Gasteiger partial charge in [0.1, 0.15) is 0 Å². The normalized spacial score (nSPS) is 23.3. The highest BCUT2D eigenvalue weighted by Crippen LogP contribution is 2.40. The van der Waals surface area contributed by atoms with Gasteiger partial charge in [-0.2, -0.15) is 4.31 Å². The average molecular weight is 414 g/mol. The number of aliphatic hydroxyl groups is 1. The highest BCUT2D eigenvalue weighted by atomic mass is 32.2. The number of ether oxygens (including phenoxy) is 3. The van der Waals surface area contributed by atoms with Gasteiger partial charge in [0, 0.05) is 32.4 Å². The molecule has 8 heteroatoms. The van der Waals surface area contributed by atoms with Crippen LogP contribution in [0, 0.1) is 5.41 Å². The summed E-state index contributed by atoms with van der Waals surface area (Å²) >= 11 is 0. The number of benzene rings is 1. The first-order chi connectivity index (χ1) is 13.4. The third kappa shape index (κ3) is 4.45. The summed E-state index contributed by atoms with van der Waals surface area (Å²) in [6.07, 6.45) is 5.52. The lowest BCUT2D eigenvalue weighted by Gasteiger charge is -2.42. The zero-order valence-corrected chi connectivity index (χ0v) is 17.5. The van der Waals surface area contributed by atoms with Crippen molar-refractivity contribution in [1.29, 1.82) is 0 Å². The van der Waals surface area contributed by atoms with Gasteiger partial charge in [-0.05, 0) is 56.1 Å². The van der Waals surface area contributed by atoms with E-state index in [0.29, 0.717) is 37.4 Å². The van der Waals surface area contributed by atoms with Crippen LogP contribution in [0.5, 0.6) is 11.5 Å². The van der Waals surface area contributed by atoms with Crippen LogP contribution in [0.25, 0.3) is 0 Å². The van der Waals surface area contributed by atoms with Crippen molar-refractivity contribution in [2.24, 2.45) is 5.41 Å². The van der Waals surface area contributed by atoms with Crippen molar-refractivity contribution in [2.75, 3.05) is 40.5 Å². The van der Waals surface area contributed by atoms with E-state index in [9.17, 15) is 13.5 Å². The number of methoxy groups -OCH3 is 2. The monoisotopic (exact) mass is 413 g/mol. The maximum absolute atomic E-state index is 13.1. The summed E-state index contributed by atoms with van der Waals surface area (Å²) in [4.78, 5) is 0.192. The first-order valence-electron chi connectivity index (χ1n) is 9.89. The molecule has 1 N–H and O–H groups in total. The fourth-order valence-electron chi connectivity index (χ4n) is 4.21. The van der Waals surface area contributed by atoms with Gasteiger partial charge < -0.3 is 19.3 Å². The van der Waals surface area contributed by atoms with E-state index in [2.05, 4.69) is 0 Å². The number of hydrogen-bond acceptors (Lipinski definition) is 6. The zero-order chi connectivity index (χ0) is 20.2. The van der Waals surface area contributed by atoms with Crippen LogP contribution in [0.15, 0.2) is 23.1 Å². The van der Waals surface area contributed by atoms with E-state index in [4.69, 9.17) is 14.2 Å². The van der Waals surface area contributed by atoms with E-state index in [1.807, 2.05) is 0 Å². The molecule has 0 aliphatic carbocycles. The Morgan fingerprint density at radius 3 is 2.46 bits per heavy atom. The molecule has 2 aliphatic rings. The fraction of sp³-hybridized carbons (Fsp3) is 0.700. The van der Waals surface area contributed by atoms with Crippen molar-refractivity contribution in [3.05, 3.63) is 18.2 Å². The van der Waals surface area contributed by atoms with Gasteiger partial charge in [0.2, 0.25) is 10.0 Å². The number of rotatable bonds is 7. The molecule has 2 saturated heterocycles. The smallest absolute Gasteiger partial charge is 0.243 e. The van der Waals surface area contributed by atoms with Crippen molar-refractivity contribution in [1.82, 2.24) is 4.31 Å². The Morgan fingerprint density at radius 1 is 1.18 bits per heavy atom. The number of nitrogens with zero attached hydrogens (tertiary/aromatic N) is 1. The third-order valence-electron chi connectivity index (χ3n) is 6.05. The molecule has 158 valence electrons. The molecule has 28 heavy (non-hydrogen) atoms. The Kier molecular flexibility index (Phi) is 6.85. The summed E-state index contributed by atoms with van der Waals surface area (Å²) in [6, 6.07) is 4.65. The predicted octanol–water partition coefficient (Wildman–Crippen LogP) is 2.43. The predicted molar refractivity (Wildman–Crippen MR) is 105 cm³/mol. The largest absolute Gasteiger partial charge is 0.493 e. The van der Waals surface area contributed by atoms with Crippen molar-refractivity contribution in [3.63, 3.8) is 0 Å². The topological polar surface area (TPSA) is 85.3 Å². The van der Waals surface area contributed by atoms with Gasteiger partial charge in [-0.15, -0.1) is 0 Å². The second-order valence-corrected chi connectivity index (χ2v) is 9.71. The van der Waals surface area contributed by atoms with Gasteiger partial charge in [0.15, 0.2) is 11.5 Å². The molecule has 2 heterocycles. The molecule has 2 fully saturated rings. The molecule has 0 bridgehead atoms. The van der Waals surface area contributed by atoms with Crippen LogP contribution in [-0.4, -0.2) is 64.5 Å². The fourth-order valence-corrected chi connectivity index (χ4v) is 5.66. The minimum absolute atomic E-state index is 0.0666. The number of sulfonamides is 1. The van der Waals surface area contributed by atoms with Crippen LogP contribution in [0.3, 0.4) is 0 Å². The summed E-state index contributed by atoms with van der Waals surface area (Å²) in [5.41, 5.74) is -0.258. The van der Waals surface area contributed by atoms with Crippen molar-refractivity contribution in [2.45, 2.75) is 49.5 Å². The molecule has 1 aromatic carbocycles. The molecule has 1 atom stereocenters. The van der Waals surface area contributed by atoms with Crippen molar-refractivity contribution < 1.29 is 27.7 Å². The molecule has 3 rings (SSSR count). The molecule has 2 aliphatic heterocycles. The van der Waals surface area contributed by atoms with Gasteiger partial charge in [0.05, 0.1) is 25.2 Å². The van der Waals surface area contributed by atoms with Crippen LogP contribution < -0.4 is 9.47 Å². The minimum atomic E-state index is -3.63. The van der Waals surface area contributed by atoms with Crippen LogP contribution in [0.1, 0.15) is 38.5 Å². The summed E-state index contributed by atoms with van der Waals surface area (Å²) in [5.74, 6) is 0.881. The molecule has 1 aromatic rings. The quantitative estimate of drug-likeness (QED) is 0.739. The van der Waals surface area contributed by atoms with E-state index >= 15 is 0 Å². The molecule has 0 radical (unpaired) electrons. The second-order valence-electron chi connectivity index (χ2n) is 7.77. The maximum Gasteiger partial charge on any atom is 0.243 e. The van der Waals surface area contributed by atoms with E-state index in [1.54, 1.807) is 12.1 Å². The van der Waals surface area contributed by atoms with E-state index in [-0.39, 0.29) is 23.0 Å². The Hall–Kier alpha value is -1.35. The highest BCUT2D eigenvalue weighted by molar-refractivity contribution is 7.89. The summed E-state index contributed by atoms with van der Waals surface area (Å²) < 4.78 is 44.0. The van der Waals surface area contributed by atoms with Crippen LogP contribution in [0.4, 0.5) is 0 Å². The van der Waals surface area contributed by atoms with Gasteiger partial charge >= 0.3 is 0 Å². The molecule has 0 amide bonds. The van der Waals surface area contributed by atoms with Crippen LogP contribution >= 0.6 is 0 Å². The molecule has 0 spiro atoms. The van der Waals surface area contributed by atoms with Gasteiger partial charge in [0.25, 0.3) is 0 Å². The highest BCUT2D eigenvalue weighted by Gasteiger charge is 2.40. The lowest BCUT2D eigenvalue weighted by molar-refractivity contribution is -0.0421. The Morgan fingerprint density at radius 2 is 1.89 bits per heavy atom. The molecular weight excluding hydrogens is 382 g/mol. The third-order valence-corrected chi connectivity index (χ3v) is 7.94. The van der Waals surface area contributed by atoms with Gasteiger partial charge in [-0.1, -0.05) is 0 Å². The summed E-state index contributed by atoms with van der Waals surface area (Å²) in [5, 5.41) is 10.1.